The van der Waals surface area contributed by atoms with Crippen LogP contribution in [0.1, 0.15) is 18.5 Å². The molecule has 116 valence electrons. The van der Waals surface area contributed by atoms with Gasteiger partial charge < -0.3 is 16.0 Å². The lowest BCUT2D eigenvalue weighted by molar-refractivity contribution is -0.141. The first-order chi connectivity index (χ1) is 9.82. The highest BCUT2D eigenvalue weighted by atomic mass is 19.4. The van der Waals surface area contributed by atoms with E-state index in [9.17, 15) is 18.0 Å². The van der Waals surface area contributed by atoms with E-state index in [1.165, 1.54) is 0 Å². The third-order valence-corrected chi connectivity index (χ3v) is 3.58. The van der Waals surface area contributed by atoms with E-state index in [1.807, 2.05) is 0 Å². The van der Waals surface area contributed by atoms with Gasteiger partial charge in [-0.25, -0.2) is 4.98 Å². The van der Waals surface area contributed by atoms with E-state index in [4.69, 9.17) is 5.73 Å². The molecule has 1 aliphatic heterocycles. The molecule has 0 bridgehead atoms. The normalized spacial score (nSPS) is 19.4. The topological polar surface area (TPSA) is 71.2 Å². The minimum atomic E-state index is -4.52. The van der Waals surface area contributed by atoms with E-state index in [2.05, 4.69) is 10.3 Å². The second-order valence-corrected chi connectivity index (χ2v) is 5.03. The highest BCUT2D eigenvalue weighted by Crippen LogP contribution is 2.34. The largest absolute Gasteiger partial charge is 0.433 e. The summed E-state index contributed by atoms with van der Waals surface area (Å²) in [6.45, 7) is 0.921. The van der Waals surface area contributed by atoms with E-state index in [0.29, 0.717) is 19.5 Å². The number of nitrogen functional groups attached to an aromatic ring is 1. The van der Waals surface area contributed by atoms with Crippen LogP contribution in [0.25, 0.3) is 0 Å². The fraction of sp³-hybridized carbons (Fsp3) is 0.538. The monoisotopic (exact) mass is 302 g/mol. The van der Waals surface area contributed by atoms with Crippen LogP contribution < -0.4 is 16.0 Å². The number of carbonyl (C=O) groups is 1. The fourth-order valence-corrected chi connectivity index (χ4v) is 2.50. The summed E-state index contributed by atoms with van der Waals surface area (Å²) in [4.78, 5) is 16.7. The van der Waals surface area contributed by atoms with Gasteiger partial charge >= 0.3 is 6.18 Å². The van der Waals surface area contributed by atoms with Crippen LogP contribution in [0.2, 0.25) is 0 Å². The number of pyridine rings is 1. The summed E-state index contributed by atoms with van der Waals surface area (Å²) in [5, 5.41) is 2.57. The van der Waals surface area contributed by atoms with E-state index in [-0.39, 0.29) is 23.2 Å². The Kier molecular flexibility index (Phi) is 4.24. The molecule has 0 radical (unpaired) electrons. The fourth-order valence-electron chi connectivity index (χ4n) is 2.50. The van der Waals surface area contributed by atoms with Crippen LogP contribution in [0.3, 0.4) is 0 Å². The van der Waals surface area contributed by atoms with Crippen LogP contribution in [0.5, 0.6) is 0 Å². The predicted octanol–water partition coefficient (Wildman–Crippen LogP) is 1.64. The number of aromatic nitrogens is 1. The highest BCUT2D eigenvalue weighted by molar-refractivity contribution is 5.79. The van der Waals surface area contributed by atoms with Gasteiger partial charge in [-0.15, -0.1) is 0 Å². The van der Waals surface area contributed by atoms with Gasteiger partial charge in [0.15, 0.2) is 0 Å². The molecule has 1 aliphatic rings. The van der Waals surface area contributed by atoms with Gasteiger partial charge in [-0.3, -0.25) is 4.79 Å². The number of nitrogens with zero attached hydrogens (tertiary/aromatic N) is 2. The average molecular weight is 302 g/mol. The highest BCUT2D eigenvalue weighted by Gasteiger charge is 2.34. The van der Waals surface area contributed by atoms with Crippen LogP contribution >= 0.6 is 0 Å². The number of rotatable bonds is 2. The number of piperidine rings is 1. The number of hydrogen-bond donors (Lipinski definition) is 2. The lowest BCUT2D eigenvalue weighted by Crippen LogP contribution is -2.42. The Balaban J connectivity index is 2.26. The van der Waals surface area contributed by atoms with Crippen LogP contribution in [0, 0.1) is 5.92 Å². The van der Waals surface area contributed by atoms with Crippen molar-refractivity contribution in [2.75, 3.05) is 30.8 Å². The molecule has 1 atom stereocenters. The van der Waals surface area contributed by atoms with Crippen molar-refractivity contribution in [2.24, 2.45) is 5.92 Å². The Morgan fingerprint density at radius 2 is 2.24 bits per heavy atom. The Labute approximate surface area is 120 Å². The Bertz CT molecular complexity index is 533. The SMILES string of the molecule is CNC(=O)C1CCCN(c2cc(C(F)(F)F)ncc2N)C1. The lowest BCUT2D eigenvalue weighted by Gasteiger charge is -2.34. The second kappa shape index (κ2) is 5.79. The number of carbonyl (C=O) groups excluding carboxylic acids is 1. The summed E-state index contributed by atoms with van der Waals surface area (Å²) in [5.74, 6) is -0.353. The molecule has 3 N–H and O–H groups in total. The zero-order valence-corrected chi connectivity index (χ0v) is 11.6. The quantitative estimate of drug-likeness (QED) is 0.871. The van der Waals surface area contributed by atoms with Gasteiger partial charge in [-0.1, -0.05) is 0 Å². The minimum absolute atomic E-state index is 0.108. The van der Waals surface area contributed by atoms with Crippen molar-refractivity contribution in [2.45, 2.75) is 19.0 Å². The van der Waals surface area contributed by atoms with Gasteiger partial charge in [0.2, 0.25) is 5.91 Å². The van der Waals surface area contributed by atoms with Crippen molar-refractivity contribution < 1.29 is 18.0 Å². The molecule has 1 unspecified atom stereocenters. The molecule has 0 saturated carbocycles. The summed E-state index contributed by atoms with van der Waals surface area (Å²) in [5.41, 5.74) is 5.23. The molecule has 0 aromatic carbocycles. The van der Waals surface area contributed by atoms with E-state index < -0.39 is 11.9 Å². The lowest BCUT2D eigenvalue weighted by atomic mass is 9.96. The molecule has 2 rings (SSSR count). The summed E-state index contributed by atoms with van der Waals surface area (Å²) in [7, 11) is 1.55. The first kappa shape index (κ1) is 15.4. The number of amides is 1. The maximum atomic E-state index is 12.7. The molecule has 0 spiro atoms. The smallest absolute Gasteiger partial charge is 0.396 e. The number of halogens is 3. The zero-order chi connectivity index (χ0) is 15.6. The Morgan fingerprint density at radius 1 is 1.52 bits per heavy atom. The number of anilines is 2. The third kappa shape index (κ3) is 3.37. The molecular weight excluding hydrogens is 285 g/mol. The van der Waals surface area contributed by atoms with Crippen molar-refractivity contribution in [3.05, 3.63) is 18.0 Å². The average Bonchev–Trinajstić information content (AvgIpc) is 2.45. The Morgan fingerprint density at radius 3 is 2.86 bits per heavy atom. The van der Waals surface area contributed by atoms with Crippen LogP contribution in [0.15, 0.2) is 12.3 Å². The summed E-state index contributed by atoms with van der Waals surface area (Å²) in [6, 6.07) is 0.946. The van der Waals surface area contributed by atoms with Crippen molar-refractivity contribution in [1.82, 2.24) is 10.3 Å². The molecule has 1 amide bonds. The molecule has 1 aromatic rings. The number of nitrogens with two attached hydrogens (primary N) is 1. The number of alkyl halides is 3. The van der Waals surface area contributed by atoms with Crippen LogP contribution in [-0.2, 0) is 11.0 Å². The van der Waals surface area contributed by atoms with E-state index in [0.717, 1.165) is 18.7 Å². The first-order valence-corrected chi connectivity index (χ1v) is 6.62. The van der Waals surface area contributed by atoms with Gasteiger partial charge in [0.25, 0.3) is 0 Å². The van der Waals surface area contributed by atoms with Crippen LogP contribution in [0.4, 0.5) is 24.5 Å². The summed E-state index contributed by atoms with van der Waals surface area (Å²) >= 11 is 0. The van der Waals surface area contributed by atoms with Crippen molar-refractivity contribution >= 4 is 17.3 Å². The molecule has 21 heavy (non-hydrogen) atoms. The van der Waals surface area contributed by atoms with Gasteiger partial charge in [0, 0.05) is 20.1 Å². The van der Waals surface area contributed by atoms with E-state index in [1.54, 1.807) is 11.9 Å². The maximum Gasteiger partial charge on any atom is 0.433 e. The first-order valence-electron chi connectivity index (χ1n) is 6.62. The molecule has 5 nitrogen and oxygen atoms in total. The molecule has 1 saturated heterocycles. The van der Waals surface area contributed by atoms with Crippen molar-refractivity contribution in [1.29, 1.82) is 0 Å². The molecule has 1 fully saturated rings. The second-order valence-electron chi connectivity index (χ2n) is 5.03. The minimum Gasteiger partial charge on any atom is -0.396 e. The molecule has 8 heteroatoms. The zero-order valence-electron chi connectivity index (χ0n) is 11.6. The maximum absolute atomic E-state index is 12.7. The van der Waals surface area contributed by atoms with Crippen molar-refractivity contribution in [3.63, 3.8) is 0 Å². The van der Waals surface area contributed by atoms with Crippen LogP contribution in [-0.4, -0.2) is 31.0 Å². The van der Waals surface area contributed by atoms with Gasteiger partial charge in [-0.05, 0) is 18.9 Å². The van der Waals surface area contributed by atoms with Gasteiger partial charge in [0.05, 0.1) is 23.5 Å². The van der Waals surface area contributed by atoms with E-state index >= 15 is 0 Å². The molecule has 1 aromatic heterocycles. The standard InChI is InChI=1S/C13H17F3N4O/c1-18-12(21)8-3-2-4-20(7-8)10-5-11(13(14,15)16)19-6-9(10)17/h5-6,8H,2-4,7,17H2,1H3,(H,18,21). The van der Waals surface area contributed by atoms with Gasteiger partial charge in [0.1, 0.15) is 5.69 Å². The summed E-state index contributed by atoms with van der Waals surface area (Å²) < 4.78 is 38.2. The van der Waals surface area contributed by atoms with Gasteiger partial charge in [-0.2, -0.15) is 13.2 Å². The number of nitrogens with one attached hydrogen (secondary N) is 1. The van der Waals surface area contributed by atoms with Crippen molar-refractivity contribution in [3.8, 4) is 0 Å². The predicted molar refractivity (Wildman–Crippen MR) is 72.7 cm³/mol. The Hall–Kier alpha value is -1.99. The molecular formula is C13H17F3N4O. The molecule has 0 aliphatic carbocycles. The molecule has 2 heterocycles. The summed E-state index contributed by atoms with van der Waals surface area (Å²) in [6.07, 6.45) is -2.06. The number of hydrogen-bond acceptors (Lipinski definition) is 4. The third-order valence-electron chi connectivity index (χ3n) is 3.58.